The first-order chi connectivity index (χ1) is 13.4. The summed E-state index contributed by atoms with van der Waals surface area (Å²) in [5.41, 5.74) is 5.87. The molecule has 1 saturated heterocycles. The molecule has 28 heavy (non-hydrogen) atoms. The number of aryl methyl sites for hydroxylation is 1. The third-order valence-corrected chi connectivity index (χ3v) is 6.65. The number of rotatable bonds is 4. The number of carbonyl (C=O) groups is 1. The molecule has 6 nitrogen and oxygen atoms in total. The lowest BCUT2D eigenvalue weighted by atomic mass is 9.90. The molecule has 2 aliphatic heterocycles. The first-order valence-corrected chi connectivity index (χ1v) is 10.4. The largest absolute Gasteiger partial charge is 0.373 e. The molecule has 2 heterocycles. The van der Waals surface area contributed by atoms with Crippen molar-refractivity contribution in [1.29, 1.82) is 0 Å². The summed E-state index contributed by atoms with van der Waals surface area (Å²) in [6, 6.07) is 4.17. The number of hydrogen-bond donors (Lipinski definition) is 3. The highest BCUT2D eigenvalue weighted by Crippen LogP contribution is 2.31. The highest BCUT2D eigenvalue weighted by molar-refractivity contribution is 5.88. The van der Waals surface area contributed by atoms with Crippen LogP contribution in [-0.2, 0) is 11.2 Å². The van der Waals surface area contributed by atoms with E-state index in [1.54, 1.807) is 6.07 Å². The van der Waals surface area contributed by atoms with Crippen molar-refractivity contribution >= 4 is 11.6 Å². The lowest BCUT2D eigenvalue weighted by molar-refractivity contribution is -0.122. The zero-order chi connectivity index (χ0) is 19.8. The van der Waals surface area contributed by atoms with Crippen LogP contribution >= 0.6 is 0 Å². The van der Waals surface area contributed by atoms with E-state index in [2.05, 4.69) is 40.1 Å². The summed E-state index contributed by atoms with van der Waals surface area (Å²) in [7, 11) is 4.32. The van der Waals surface area contributed by atoms with Crippen LogP contribution in [0.2, 0.25) is 0 Å². The number of hydrogen-bond acceptors (Lipinski definition) is 5. The Morgan fingerprint density at radius 3 is 2.68 bits per heavy atom. The molecule has 1 aromatic carbocycles. The quantitative estimate of drug-likeness (QED) is 0.731. The number of halogens is 1. The second-order valence-corrected chi connectivity index (χ2v) is 8.76. The number of nitrogens with one attached hydrogen (secondary N) is 3. The summed E-state index contributed by atoms with van der Waals surface area (Å²) in [6.45, 7) is 3.53. The SMILES string of the molecule is Cc1ccc(F)c2c1NC(C(=O)NC1CNN(C3CCC(N(C)C)CC3)C1)C2. The normalized spacial score (nSPS) is 30.3. The molecule has 4 rings (SSSR count). The molecule has 1 aliphatic carbocycles. The van der Waals surface area contributed by atoms with Crippen LogP contribution < -0.4 is 16.1 Å². The van der Waals surface area contributed by atoms with Gasteiger partial charge in [-0.1, -0.05) is 6.07 Å². The maximum Gasteiger partial charge on any atom is 0.243 e. The van der Waals surface area contributed by atoms with Gasteiger partial charge in [-0.05, 0) is 58.3 Å². The van der Waals surface area contributed by atoms with Crippen LogP contribution in [0.4, 0.5) is 10.1 Å². The first-order valence-electron chi connectivity index (χ1n) is 10.4. The highest BCUT2D eigenvalue weighted by atomic mass is 19.1. The number of benzene rings is 1. The molecule has 0 bridgehead atoms. The van der Waals surface area contributed by atoms with Gasteiger partial charge in [-0.3, -0.25) is 10.2 Å². The summed E-state index contributed by atoms with van der Waals surface area (Å²) in [6.07, 6.45) is 5.24. The molecule has 3 N–H and O–H groups in total. The number of fused-ring (bicyclic) bond motifs is 1. The maximum atomic E-state index is 14.1. The lowest BCUT2D eigenvalue weighted by Crippen LogP contribution is -2.47. The van der Waals surface area contributed by atoms with E-state index in [0.717, 1.165) is 24.3 Å². The molecule has 7 heteroatoms. The molecule has 2 fully saturated rings. The summed E-state index contributed by atoms with van der Waals surface area (Å²) in [5.74, 6) is -0.273. The van der Waals surface area contributed by atoms with Gasteiger partial charge in [-0.2, -0.15) is 0 Å². The monoisotopic (exact) mass is 389 g/mol. The predicted molar refractivity (Wildman–Crippen MR) is 109 cm³/mol. The van der Waals surface area contributed by atoms with Gasteiger partial charge in [0, 0.05) is 42.8 Å². The van der Waals surface area contributed by atoms with Gasteiger partial charge >= 0.3 is 0 Å². The minimum Gasteiger partial charge on any atom is -0.373 e. The predicted octanol–water partition coefficient (Wildman–Crippen LogP) is 1.65. The zero-order valence-electron chi connectivity index (χ0n) is 17.1. The van der Waals surface area contributed by atoms with E-state index in [1.165, 1.54) is 31.7 Å². The smallest absolute Gasteiger partial charge is 0.243 e. The fourth-order valence-electron chi connectivity index (χ4n) is 4.88. The molecular formula is C21H32FN5O. The number of hydrazine groups is 1. The molecule has 154 valence electrons. The van der Waals surface area contributed by atoms with E-state index in [-0.39, 0.29) is 17.8 Å². The molecule has 0 radical (unpaired) electrons. The third kappa shape index (κ3) is 3.88. The van der Waals surface area contributed by atoms with E-state index < -0.39 is 6.04 Å². The van der Waals surface area contributed by atoms with Gasteiger partial charge in [0.15, 0.2) is 0 Å². The van der Waals surface area contributed by atoms with Crippen LogP contribution in [0.1, 0.15) is 36.8 Å². The highest BCUT2D eigenvalue weighted by Gasteiger charge is 2.35. The van der Waals surface area contributed by atoms with Gasteiger partial charge in [-0.25, -0.2) is 9.40 Å². The number of carbonyl (C=O) groups excluding carboxylic acids is 1. The second-order valence-electron chi connectivity index (χ2n) is 8.76. The number of amides is 1. The van der Waals surface area contributed by atoms with Crippen LogP contribution in [0.15, 0.2) is 12.1 Å². The van der Waals surface area contributed by atoms with E-state index >= 15 is 0 Å². The maximum absolute atomic E-state index is 14.1. The van der Waals surface area contributed by atoms with Gasteiger partial charge in [-0.15, -0.1) is 0 Å². The molecule has 2 atom stereocenters. The van der Waals surface area contributed by atoms with Gasteiger partial charge in [0.1, 0.15) is 11.9 Å². The third-order valence-electron chi connectivity index (χ3n) is 6.65. The van der Waals surface area contributed by atoms with Crippen molar-refractivity contribution in [2.45, 2.75) is 63.2 Å². The van der Waals surface area contributed by atoms with E-state index in [4.69, 9.17) is 0 Å². The van der Waals surface area contributed by atoms with Crippen LogP contribution in [0.5, 0.6) is 0 Å². The average molecular weight is 390 g/mol. The van der Waals surface area contributed by atoms with Crippen molar-refractivity contribution in [1.82, 2.24) is 20.7 Å². The van der Waals surface area contributed by atoms with Crippen molar-refractivity contribution in [3.05, 3.63) is 29.1 Å². The van der Waals surface area contributed by atoms with Crippen LogP contribution in [0.3, 0.4) is 0 Å². The summed E-state index contributed by atoms with van der Waals surface area (Å²) < 4.78 is 14.1. The van der Waals surface area contributed by atoms with Crippen molar-refractivity contribution in [3.8, 4) is 0 Å². The van der Waals surface area contributed by atoms with Gasteiger partial charge < -0.3 is 15.5 Å². The van der Waals surface area contributed by atoms with E-state index in [1.807, 2.05) is 6.92 Å². The van der Waals surface area contributed by atoms with E-state index in [9.17, 15) is 9.18 Å². The Morgan fingerprint density at radius 2 is 2.00 bits per heavy atom. The Bertz CT molecular complexity index is 701. The fourth-order valence-corrected chi connectivity index (χ4v) is 4.88. The average Bonchev–Trinajstić information content (AvgIpc) is 3.33. The van der Waals surface area contributed by atoms with Crippen LogP contribution in [0.25, 0.3) is 0 Å². The van der Waals surface area contributed by atoms with Crippen LogP contribution in [0, 0.1) is 12.7 Å². The Hall–Kier alpha value is -1.70. The second kappa shape index (κ2) is 7.97. The number of anilines is 1. The molecule has 1 aromatic rings. The molecular weight excluding hydrogens is 357 g/mol. The van der Waals surface area contributed by atoms with Crippen LogP contribution in [-0.4, -0.2) is 67.2 Å². The van der Waals surface area contributed by atoms with Gasteiger partial charge in [0.05, 0.1) is 6.04 Å². The Morgan fingerprint density at radius 1 is 1.25 bits per heavy atom. The van der Waals surface area contributed by atoms with Gasteiger partial charge in [0.25, 0.3) is 0 Å². The number of nitrogens with zero attached hydrogens (tertiary/aromatic N) is 2. The lowest BCUT2D eigenvalue weighted by Gasteiger charge is -2.36. The summed E-state index contributed by atoms with van der Waals surface area (Å²) in [4.78, 5) is 15.1. The topological polar surface area (TPSA) is 59.6 Å². The molecule has 1 saturated carbocycles. The zero-order valence-corrected chi connectivity index (χ0v) is 17.1. The van der Waals surface area contributed by atoms with Crippen molar-refractivity contribution in [2.75, 3.05) is 32.5 Å². The Labute approximate surface area is 166 Å². The molecule has 1 amide bonds. The van der Waals surface area contributed by atoms with E-state index in [0.29, 0.717) is 24.1 Å². The van der Waals surface area contributed by atoms with Gasteiger partial charge in [0.2, 0.25) is 5.91 Å². The molecule has 2 unspecified atom stereocenters. The standard InChI is InChI=1S/C21H32FN5O/c1-13-4-9-18(22)17-10-19(25-20(13)17)21(28)24-14-11-23-27(12-14)16-7-5-15(6-8-16)26(2)3/h4,9,14-16,19,23,25H,5-8,10-12H2,1-3H3,(H,24,28). The first kappa shape index (κ1) is 19.6. The minimum absolute atomic E-state index is 0.0417. The summed E-state index contributed by atoms with van der Waals surface area (Å²) >= 11 is 0. The van der Waals surface area contributed by atoms with Crippen molar-refractivity contribution < 1.29 is 9.18 Å². The Kier molecular flexibility index (Phi) is 5.58. The molecule has 3 aliphatic rings. The minimum atomic E-state index is -0.393. The molecule has 0 spiro atoms. The van der Waals surface area contributed by atoms with Crippen molar-refractivity contribution in [2.24, 2.45) is 0 Å². The van der Waals surface area contributed by atoms with Crippen molar-refractivity contribution in [3.63, 3.8) is 0 Å². The summed E-state index contributed by atoms with van der Waals surface area (Å²) in [5, 5.41) is 8.69. The fraction of sp³-hybridized carbons (Fsp3) is 0.667. The molecule has 0 aromatic heterocycles. The Balaban J connectivity index is 1.28.